The highest BCUT2D eigenvalue weighted by molar-refractivity contribution is 5.84. The Labute approximate surface area is 117 Å². The van der Waals surface area contributed by atoms with Crippen LogP contribution in [0.4, 0.5) is 0 Å². The van der Waals surface area contributed by atoms with Crippen molar-refractivity contribution in [3.05, 3.63) is 0 Å². The van der Waals surface area contributed by atoms with Crippen LogP contribution in [0.5, 0.6) is 0 Å². The number of hydrogen-bond acceptors (Lipinski definition) is 3. The van der Waals surface area contributed by atoms with E-state index in [0.29, 0.717) is 18.6 Å². The van der Waals surface area contributed by atoms with Crippen molar-refractivity contribution in [2.45, 2.75) is 70.9 Å². The molecule has 4 nitrogen and oxygen atoms in total. The highest BCUT2D eigenvalue weighted by Crippen LogP contribution is 2.24. The lowest BCUT2D eigenvalue weighted by Gasteiger charge is -2.27. The zero-order valence-corrected chi connectivity index (χ0v) is 12.7. The molecule has 0 heterocycles. The maximum absolute atomic E-state index is 11.6. The predicted octanol–water partition coefficient (Wildman–Crippen LogP) is 2.22. The first kappa shape index (κ1) is 16.4. The largest absolute Gasteiger partial charge is 0.381 e. The maximum Gasteiger partial charge on any atom is 0.237 e. The summed E-state index contributed by atoms with van der Waals surface area (Å²) < 4.78 is 5.66. The van der Waals surface area contributed by atoms with Gasteiger partial charge in [0, 0.05) is 19.3 Å². The van der Waals surface area contributed by atoms with Crippen molar-refractivity contribution in [2.24, 2.45) is 11.7 Å². The van der Waals surface area contributed by atoms with Gasteiger partial charge in [0.05, 0.1) is 5.54 Å². The van der Waals surface area contributed by atoms with E-state index in [1.807, 2.05) is 6.92 Å². The van der Waals surface area contributed by atoms with E-state index in [-0.39, 0.29) is 5.91 Å². The average Bonchev–Trinajstić information content (AvgIpc) is 3.12. The van der Waals surface area contributed by atoms with Gasteiger partial charge in [-0.1, -0.05) is 20.3 Å². The third kappa shape index (κ3) is 6.39. The lowest BCUT2D eigenvalue weighted by atomic mass is 9.95. The molecule has 0 aromatic heterocycles. The molecule has 1 fully saturated rings. The van der Waals surface area contributed by atoms with Crippen LogP contribution in [0.1, 0.15) is 59.3 Å². The maximum atomic E-state index is 11.6. The van der Waals surface area contributed by atoms with Crippen LogP contribution < -0.4 is 11.1 Å². The van der Waals surface area contributed by atoms with Gasteiger partial charge in [-0.15, -0.1) is 0 Å². The van der Waals surface area contributed by atoms with Gasteiger partial charge in [-0.3, -0.25) is 4.79 Å². The summed E-state index contributed by atoms with van der Waals surface area (Å²) in [6, 6.07) is 0.489. The zero-order chi connectivity index (χ0) is 14.3. The van der Waals surface area contributed by atoms with Crippen LogP contribution in [0.2, 0.25) is 0 Å². The van der Waals surface area contributed by atoms with E-state index in [4.69, 9.17) is 10.5 Å². The summed E-state index contributed by atoms with van der Waals surface area (Å²) in [5.74, 6) is 0.371. The second-order valence-electron chi connectivity index (χ2n) is 6.19. The van der Waals surface area contributed by atoms with Crippen molar-refractivity contribution in [3.63, 3.8) is 0 Å². The van der Waals surface area contributed by atoms with E-state index in [0.717, 1.165) is 32.3 Å². The lowest BCUT2D eigenvalue weighted by molar-refractivity contribution is -0.124. The second kappa shape index (κ2) is 7.85. The summed E-state index contributed by atoms with van der Waals surface area (Å²) in [4.78, 5) is 11.6. The zero-order valence-electron chi connectivity index (χ0n) is 12.7. The molecule has 112 valence electrons. The van der Waals surface area contributed by atoms with Crippen molar-refractivity contribution in [1.29, 1.82) is 0 Å². The van der Waals surface area contributed by atoms with Crippen molar-refractivity contribution in [3.8, 4) is 0 Å². The number of hydrogen-bond donors (Lipinski definition) is 2. The summed E-state index contributed by atoms with van der Waals surface area (Å²) in [6.07, 6.45) is 6.36. The van der Waals surface area contributed by atoms with E-state index in [2.05, 4.69) is 19.2 Å². The molecule has 0 radical (unpaired) electrons. The van der Waals surface area contributed by atoms with Crippen LogP contribution >= 0.6 is 0 Å². The quantitative estimate of drug-likeness (QED) is 0.566. The van der Waals surface area contributed by atoms with Crippen LogP contribution in [0.25, 0.3) is 0 Å². The highest BCUT2D eigenvalue weighted by Gasteiger charge is 2.36. The minimum absolute atomic E-state index is 0.251. The van der Waals surface area contributed by atoms with Gasteiger partial charge >= 0.3 is 0 Å². The molecule has 0 bridgehead atoms. The number of carbonyl (C=O) groups excluding carboxylic acids is 1. The van der Waals surface area contributed by atoms with Gasteiger partial charge in [-0.25, -0.2) is 0 Å². The Hall–Kier alpha value is -0.610. The third-order valence-electron chi connectivity index (χ3n) is 3.79. The van der Waals surface area contributed by atoms with E-state index in [1.54, 1.807) is 0 Å². The topological polar surface area (TPSA) is 64.3 Å². The molecule has 0 aromatic carbocycles. The lowest BCUT2D eigenvalue weighted by Crippen LogP contribution is -2.54. The molecule has 0 aromatic rings. The first-order chi connectivity index (χ1) is 8.98. The minimum Gasteiger partial charge on any atom is -0.381 e. The Morgan fingerprint density at radius 3 is 2.74 bits per heavy atom. The number of amides is 1. The molecule has 1 saturated carbocycles. The molecule has 0 spiro atoms. The summed E-state index contributed by atoms with van der Waals surface area (Å²) in [7, 11) is 0. The summed E-state index contributed by atoms with van der Waals surface area (Å²) in [5.41, 5.74) is 4.94. The fourth-order valence-corrected chi connectivity index (χ4v) is 2.33. The average molecular weight is 270 g/mol. The van der Waals surface area contributed by atoms with Crippen LogP contribution in [-0.4, -0.2) is 30.7 Å². The molecule has 2 atom stereocenters. The SMILES string of the molecule is CCCC(C)COCCCC(C)(NC1CC1)C(N)=O. The molecule has 3 N–H and O–H groups in total. The number of nitrogens with two attached hydrogens (primary N) is 1. The molecule has 1 rings (SSSR count). The number of rotatable bonds is 11. The Bertz CT molecular complexity index is 279. The van der Waals surface area contributed by atoms with Crippen molar-refractivity contribution in [2.75, 3.05) is 13.2 Å². The molecule has 0 saturated heterocycles. The van der Waals surface area contributed by atoms with E-state index < -0.39 is 5.54 Å². The summed E-state index contributed by atoms with van der Waals surface area (Å²) in [6.45, 7) is 7.85. The van der Waals surface area contributed by atoms with E-state index >= 15 is 0 Å². The van der Waals surface area contributed by atoms with E-state index in [1.165, 1.54) is 12.8 Å². The Morgan fingerprint density at radius 2 is 2.21 bits per heavy atom. The molecule has 1 aliphatic carbocycles. The summed E-state index contributed by atoms with van der Waals surface area (Å²) in [5, 5.41) is 3.36. The van der Waals surface area contributed by atoms with Gasteiger partial charge in [0.1, 0.15) is 0 Å². The molecular weight excluding hydrogens is 240 g/mol. The monoisotopic (exact) mass is 270 g/mol. The Morgan fingerprint density at radius 1 is 1.53 bits per heavy atom. The fraction of sp³-hybridized carbons (Fsp3) is 0.933. The van der Waals surface area contributed by atoms with Crippen LogP contribution in [0.3, 0.4) is 0 Å². The van der Waals surface area contributed by atoms with Crippen molar-refractivity contribution < 1.29 is 9.53 Å². The molecule has 2 unspecified atom stereocenters. The number of primary amides is 1. The van der Waals surface area contributed by atoms with Gasteiger partial charge < -0.3 is 15.8 Å². The molecule has 0 aliphatic heterocycles. The second-order valence-corrected chi connectivity index (χ2v) is 6.19. The molecule has 4 heteroatoms. The predicted molar refractivity (Wildman–Crippen MR) is 77.9 cm³/mol. The third-order valence-corrected chi connectivity index (χ3v) is 3.79. The molecule has 19 heavy (non-hydrogen) atoms. The normalized spacial score (nSPS) is 19.9. The number of ether oxygens (including phenoxy) is 1. The van der Waals surface area contributed by atoms with Gasteiger partial charge in [-0.05, 0) is 44.9 Å². The van der Waals surface area contributed by atoms with Gasteiger partial charge in [0.25, 0.3) is 0 Å². The minimum atomic E-state index is -0.570. The Balaban J connectivity index is 2.16. The van der Waals surface area contributed by atoms with Crippen molar-refractivity contribution >= 4 is 5.91 Å². The van der Waals surface area contributed by atoms with Crippen molar-refractivity contribution in [1.82, 2.24) is 5.32 Å². The van der Waals surface area contributed by atoms with Crippen LogP contribution in [0, 0.1) is 5.92 Å². The number of carbonyl (C=O) groups is 1. The molecule has 1 aliphatic rings. The standard InChI is InChI=1S/C15H30N2O2/c1-4-6-12(2)11-19-10-5-9-15(3,14(16)18)17-13-7-8-13/h12-13,17H,4-11H2,1-3H3,(H2,16,18). The van der Waals surface area contributed by atoms with Gasteiger partial charge in [0.2, 0.25) is 5.91 Å². The van der Waals surface area contributed by atoms with Crippen LogP contribution in [-0.2, 0) is 9.53 Å². The smallest absolute Gasteiger partial charge is 0.237 e. The first-order valence-corrected chi connectivity index (χ1v) is 7.63. The molecular formula is C15H30N2O2. The molecule has 1 amide bonds. The highest BCUT2D eigenvalue weighted by atomic mass is 16.5. The van der Waals surface area contributed by atoms with E-state index in [9.17, 15) is 4.79 Å². The summed E-state index contributed by atoms with van der Waals surface area (Å²) >= 11 is 0. The number of nitrogens with one attached hydrogen (secondary N) is 1. The first-order valence-electron chi connectivity index (χ1n) is 7.63. The van der Waals surface area contributed by atoms with Crippen LogP contribution in [0.15, 0.2) is 0 Å². The fourth-order valence-electron chi connectivity index (χ4n) is 2.33. The Kier molecular flexibility index (Phi) is 6.80. The van der Waals surface area contributed by atoms with Gasteiger partial charge in [-0.2, -0.15) is 0 Å². The van der Waals surface area contributed by atoms with Gasteiger partial charge in [0.15, 0.2) is 0 Å².